The summed E-state index contributed by atoms with van der Waals surface area (Å²) in [5.74, 6) is -0.0744. The standard InChI is InChI=1S/C17H17BrN2O/c1-11-4-6-14(18)16(9-11)20-17(21)13-5-7-15-12(10-13)3-2-8-19-15/h4-7,9-10,19H,2-3,8H2,1H3,(H,20,21). The van der Waals surface area contributed by atoms with E-state index >= 15 is 0 Å². The number of halogens is 1. The van der Waals surface area contributed by atoms with Gasteiger partial charge in [0.05, 0.1) is 5.69 Å². The van der Waals surface area contributed by atoms with Gasteiger partial charge >= 0.3 is 0 Å². The van der Waals surface area contributed by atoms with Gasteiger partial charge in [0.1, 0.15) is 0 Å². The van der Waals surface area contributed by atoms with Crippen LogP contribution in [0.4, 0.5) is 11.4 Å². The van der Waals surface area contributed by atoms with Crippen LogP contribution in [-0.4, -0.2) is 12.5 Å². The average molecular weight is 345 g/mol. The zero-order chi connectivity index (χ0) is 14.8. The molecule has 2 aromatic rings. The van der Waals surface area contributed by atoms with Crippen molar-refractivity contribution in [3.8, 4) is 0 Å². The molecule has 1 heterocycles. The summed E-state index contributed by atoms with van der Waals surface area (Å²) in [6.45, 7) is 3.02. The second-order valence-corrected chi connectivity index (χ2v) is 6.19. The number of benzene rings is 2. The minimum Gasteiger partial charge on any atom is -0.385 e. The van der Waals surface area contributed by atoms with Crippen LogP contribution in [0.15, 0.2) is 40.9 Å². The van der Waals surface area contributed by atoms with Crippen LogP contribution in [0, 0.1) is 6.92 Å². The Balaban J connectivity index is 1.83. The Bertz CT molecular complexity index is 697. The van der Waals surface area contributed by atoms with Gasteiger partial charge in [-0.25, -0.2) is 0 Å². The highest BCUT2D eigenvalue weighted by Crippen LogP contribution is 2.26. The zero-order valence-electron chi connectivity index (χ0n) is 11.9. The number of anilines is 2. The van der Waals surface area contributed by atoms with Crippen LogP contribution in [0.1, 0.15) is 27.9 Å². The Hall–Kier alpha value is -1.81. The van der Waals surface area contributed by atoms with Crippen molar-refractivity contribution in [2.75, 3.05) is 17.2 Å². The van der Waals surface area contributed by atoms with Gasteiger partial charge < -0.3 is 10.6 Å². The summed E-state index contributed by atoms with van der Waals surface area (Å²) in [4.78, 5) is 12.4. The molecule has 0 saturated heterocycles. The number of carbonyl (C=O) groups is 1. The summed E-state index contributed by atoms with van der Waals surface area (Å²) >= 11 is 3.47. The third-order valence-electron chi connectivity index (χ3n) is 3.68. The molecular weight excluding hydrogens is 328 g/mol. The zero-order valence-corrected chi connectivity index (χ0v) is 13.5. The van der Waals surface area contributed by atoms with Crippen molar-refractivity contribution in [2.24, 2.45) is 0 Å². The lowest BCUT2D eigenvalue weighted by Crippen LogP contribution is -2.16. The first-order valence-electron chi connectivity index (χ1n) is 7.08. The van der Waals surface area contributed by atoms with E-state index < -0.39 is 0 Å². The van der Waals surface area contributed by atoms with Crippen LogP contribution in [0.25, 0.3) is 0 Å². The number of amides is 1. The lowest BCUT2D eigenvalue weighted by atomic mass is 10.0. The molecule has 2 N–H and O–H groups in total. The molecule has 0 unspecified atom stereocenters. The van der Waals surface area contributed by atoms with E-state index in [1.807, 2.05) is 43.3 Å². The second-order valence-electron chi connectivity index (χ2n) is 5.34. The third kappa shape index (κ3) is 3.10. The van der Waals surface area contributed by atoms with Crippen molar-refractivity contribution in [3.63, 3.8) is 0 Å². The van der Waals surface area contributed by atoms with Gasteiger partial charge in [-0.05, 0) is 77.2 Å². The highest BCUT2D eigenvalue weighted by Gasteiger charge is 2.13. The van der Waals surface area contributed by atoms with Crippen LogP contribution in [-0.2, 0) is 6.42 Å². The molecule has 0 bridgehead atoms. The van der Waals surface area contributed by atoms with E-state index in [4.69, 9.17) is 0 Å². The van der Waals surface area contributed by atoms with Gasteiger partial charge in [-0.1, -0.05) is 6.07 Å². The van der Waals surface area contributed by atoms with Crippen molar-refractivity contribution in [1.29, 1.82) is 0 Å². The Morgan fingerprint density at radius 1 is 1.24 bits per heavy atom. The first-order chi connectivity index (χ1) is 10.1. The van der Waals surface area contributed by atoms with Gasteiger partial charge in [0.15, 0.2) is 0 Å². The fourth-order valence-electron chi connectivity index (χ4n) is 2.55. The van der Waals surface area contributed by atoms with Crippen molar-refractivity contribution in [3.05, 3.63) is 57.6 Å². The normalized spacial score (nSPS) is 13.2. The second kappa shape index (κ2) is 5.90. The van der Waals surface area contributed by atoms with Crippen LogP contribution < -0.4 is 10.6 Å². The van der Waals surface area contributed by atoms with Crippen LogP contribution in [0.5, 0.6) is 0 Å². The van der Waals surface area contributed by atoms with E-state index in [1.165, 1.54) is 5.56 Å². The summed E-state index contributed by atoms with van der Waals surface area (Å²) < 4.78 is 0.890. The number of hydrogen-bond donors (Lipinski definition) is 2. The SMILES string of the molecule is Cc1ccc(Br)c(NC(=O)c2ccc3c(c2)CCCN3)c1. The predicted octanol–water partition coefficient (Wildman–Crippen LogP) is 4.37. The molecule has 0 aliphatic carbocycles. The molecule has 0 aromatic heterocycles. The summed E-state index contributed by atoms with van der Waals surface area (Å²) in [5, 5.41) is 6.32. The summed E-state index contributed by atoms with van der Waals surface area (Å²) in [5.41, 5.74) is 4.98. The molecule has 108 valence electrons. The summed E-state index contributed by atoms with van der Waals surface area (Å²) in [6, 6.07) is 11.8. The van der Waals surface area contributed by atoms with Crippen molar-refractivity contribution in [1.82, 2.24) is 0 Å². The third-order valence-corrected chi connectivity index (χ3v) is 4.37. The van der Waals surface area contributed by atoms with Crippen molar-refractivity contribution in [2.45, 2.75) is 19.8 Å². The average Bonchev–Trinajstić information content (AvgIpc) is 2.50. The maximum atomic E-state index is 12.4. The van der Waals surface area contributed by atoms with Crippen LogP contribution >= 0.6 is 15.9 Å². The molecule has 0 atom stereocenters. The first-order valence-corrected chi connectivity index (χ1v) is 7.87. The van der Waals surface area contributed by atoms with E-state index in [9.17, 15) is 4.79 Å². The molecule has 1 aliphatic rings. The molecule has 1 amide bonds. The number of nitrogens with one attached hydrogen (secondary N) is 2. The van der Waals surface area contributed by atoms with E-state index in [2.05, 4.69) is 26.6 Å². The fourth-order valence-corrected chi connectivity index (χ4v) is 2.89. The first kappa shape index (κ1) is 14.1. The largest absolute Gasteiger partial charge is 0.385 e. The number of hydrogen-bond acceptors (Lipinski definition) is 2. The number of rotatable bonds is 2. The molecule has 0 spiro atoms. The predicted molar refractivity (Wildman–Crippen MR) is 90.1 cm³/mol. The van der Waals surface area contributed by atoms with Gasteiger partial charge in [-0.2, -0.15) is 0 Å². The smallest absolute Gasteiger partial charge is 0.255 e. The molecule has 0 saturated carbocycles. The summed E-state index contributed by atoms with van der Waals surface area (Å²) in [7, 11) is 0. The number of fused-ring (bicyclic) bond motifs is 1. The minimum absolute atomic E-state index is 0.0744. The molecule has 21 heavy (non-hydrogen) atoms. The number of carbonyl (C=O) groups excluding carboxylic acids is 1. The Kier molecular flexibility index (Phi) is 3.97. The number of aryl methyl sites for hydroxylation is 2. The lowest BCUT2D eigenvalue weighted by Gasteiger charge is -2.18. The highest BCUT2D eigenvalue weighted by molar-refractivity contribution is 9.10. The van der Waals surface area contributed by atoms with E-state index in [-0.39, 0.29) is 5.91 Å². The topological polar surface area (TPSA) is 41.1 Å². The van der Waals surface area contributed by atoms with Crippen molar-refractivity contribution >= 4 is 33.2 Å². The molecule has 2 aromatic carbocycles. The van der Waals surface area contributed by atoms with Crippen LogP contribution in [0.2, 0.25) is 0 Å². The Labute approximate surface area is 132 Å². The van der Waals surface area contributed by atoms with Gasteiger partial charge in [0.25, 0.3) is 5.91 Å². The van der Waals surface area contributed by atoms with Gasteiger partial charge in [0, 0.05) is 22.3 Å². The van der Waals surface area contributed by atoms with Gasteiger partial charge in [-0.15, -0.1) is 0 Å². The molecular formula is C17H17BrN2O. The monoisotopic (exact) mass is 344 g/mol. The molecule has 1 aliphatic heterocycles. The minimum atomic E-state index is -0.0744. The van der Waals surface area contributed by atoms with Gasteiger partial charge in [0.2, 0.25) is 0 Å². The quantitative estimate of drug-likeness (QED) is 0.849. The molecule has 3 nitrogen and oxygen atoms in total. The maximum Gasteiger partial charge on any atom is 0.255 e. The highest BCUT2D eigenvalue weighted by atomic mass is 79.9. The van der Waals surface area contributed by atoms with E-state index in [0.717, 1.165) is 40.8 Å². The fraction of sp³-hybridized carbons (Fsp3) is 0.235. The van der Waals surface area contributed by atoms with E-state index in [1.54, 1.807) is 0 Å². The molecule has 0 radical (unpaired) electrons. The van der Waals surface area contributed by atoms with Gasteiger partial charge in [-0.3, -0.25) is 4.79 Å². The Morgan fingerprint density at radius 2 is 2.10 bits per heavy atom. The summed E-state index contributed by atoms with van der Waals surface area (Å²) in [6.07, 6.45) is 2.14. The molecule has 3 rings (SSSR count). The van der Waals surface area contributed by atoms with Crippen LogP contribution in [0.3, 0.4) is 0 Å². The van der Waals surface area contributed by atoms with Crippen molar-refractivity contribution < 1.29 is 4.79 Å². The molecule has 0 fully saturated rings. The van der Waals surface area contributed by atoms with E-state index in [0.29, 0.717) is 5.56 Å². The molecule has 4 heteroatoms. The maximum absolute atomic E-state index is 12.4. The Morgan fingerprint density at radius 3 is 2.95 bits per heavy atom. The lowest BCUT2D eigenvalue weighted by molar-refractivity contribution is 0.102.